The highest BCUT2D eigenvalue weighted by atomic mass is 19.1. The minimum absolute atomic E-state index is 0.0685. The molecule has 1 unspecified atom stereocenters. The van der Waals surface area contributed by atoms with E-state index in [9.17, 15) is 14.0 Å². The largest absolute Gasteiger partial charge is 0.345 e. The van der Waals surface area contributed by atoms with Crippen LogP contribution in [0.25, 0.3) is 11.0 Å². The number of benzene rings is 1. The van der Waals surface area contributed by atoms with Crippen molar-refractivity contribution in [3.8, 4) is 0 Å². The summed E-state index contributed by atoms with van der Waals surface area (Å²) < 4.78 is 14.8. The normalized spacial score (nSPS) is 12.2. The van der Waals surface area contributed by atoms with Crippen molar-refractivity contribution in [1.29, 1.82) is 0 Å². The number of halogens is 1. The fourth-order valence-corrected chi connectivity index (χ4v) is 2.87. The summed E-state index contributed by atoms with van der Waals surface area (Å²) in [5.41, 5.74) is 1.86. The lowest BCUT2D eigenvalue weighted by Gasteiger charge is -2.16. The van der Waals surface area contributed by atoms with Gasteiger partial charge >= 0.3 is 0 Å². The van der Waals surface area contributed by atoms with E-state index in [2.05, 4.69) is 10.3 Å². The SMILES string of the molecule is CCn1cc(C(=O)NC(C)c2ccc(F)cc2)c(=O)c2ccc(C)nc21. The Hall–Kier alpha value is -3.02. The lowest BCUT2D eigenvalue weighted by molar-refractivity contribution is 0.0938. The molecule has 5 nitrogen and oxygen atoms in total. The molecule has 1 aromatic carbocycles. The van der Waals surface area contributed by atoms with Crippen LogP contribution in [0.5, 0.6) is 0 Å². The molecule has 0 fully saturated rings. The second-order valence-electron chi connectivity index (χ2n) is 6.23. The first-order valence-corrected chi connectivity index (χ1v) is 8.48. The predicted molar refractivity (Wildman–Crippen MR) is 98.7 cm³/mol. The van der Waals surface area contributed by atoms with E-state index in [1.807, 2.05) is 13.8 Å². The summed E-state index contributed by atoms with van der Waals surface area (Å²) in [7, 11) is 0. The van der Waals surface area contributed by atoms with E-state index in [0.29, 0.717) is 17.6 Å². The molecule has 0 aliphatic heterocycles. The van der Waals surface area contributed by atoms with E-state index in [1.54, 1.807) is 42.0 Å². The molecule has 2 aromatic heterocycles. The first-order valence-electron chi connectivity index (χ1n) is 8.48. The molecule has 3 aromatic rings. The van der Waals surface area contributed by atoms with Crippen LogP contribution in [0.2, 0.25) is 0 Å². The van der Waals surface area contributed by atoms with Crippen molar-refractivity contribution in [2.45, 2.75) is 33.4 Å². The molecule has 0 radical (unpaired) electrons. The number of amides is 1. The second kappa shape index (κ2) is 7.07. The van der Waals surface area contributed by atoms with Gasteiger partial charge in [0.1, 0.15) is 17.0 Å². The summed E-state index contributed by atoms with van der Waals surface area (Å²) in [4.78, 5) is 29.8. The molecule has 0 spiro atoms. The molecule has 1 N–H and O–H groups in total. The molecule has 134 valence electrons. The Morgan fingerprint density at radius 1 is 1.23 bits per heavy atom. The summed E-state index contributed by atoms with van der Waals surface area (Å²) in [6.07, 6.45) is 1.55. The molecular formula is C20H20FN3O2. The van der Waals surface area contributed by atoms with Gasteiger partial charge in [-0.05, 0) is 50.6 Å². The van der Waals surface area contributed by atoms with Gasteiger partial charge in [-0.25, -0.2) is 9.37 Å². The number of carbonyl (C=O) groups excluding carboxylic acids is 1. The van der Waals surface area contributed by atoms with Crippen LogP contribution in [0.3, 0.4) is 0 Å². The van der Waals surface area contributed by atoms with Crippen LogP contribution in [-0.4, -0.2) is 15.5 Å². The van der Waals surface area contributed by atoms with Crippen LogP contribution in [0.4, 0.5) is 4.39 Å². The summed E-state index contributed by atoms with van der Waals surface area (Å²) >= 11 is 0. The molecule has 1 atom stereocenters. The van der Waals surface area contributed by atoms with E-state index < -0.39 is 5.91 Å². The zero-order chi connectivity index (χ0) is 18.8. The van der Waals surface area contributed by atoms with Crippen molar-refractivity contribution in [3.05, 3.63) is 75.5 Å². The summed E-state index contributed by atoms with van der Waals surface area (Å²) in [6, 6.07) is 9.00. The zero-order valence-corrected chi connectivity index (χ0v) is 14.9. The van der Waals surface area contributed by atoms with Crippen molar-refractivity contribution >= 4 is 16.9 Å². The lowest BCUT2D eigenvalue weighted by atomic mass is 10.1. The number of hydrogen-bond donors (Lipinski definition) is 1. The van der Waals surface area contributed by atoms with Crippen molar-refractivity contribution in [3.63, 3.8) is 0 Å². The fraction of sp³-hybridized carbons (Fsp3) is 0.250. The molecule has 2 heterocycles. The lowest BCUT2D eigenvalue weighted by Crippen LogP contribution is -2.32. The van der Waals surface area contributed by atoms with Gasteiger partial charge in [0.05, 0.1) is 11.4 Å². The van der Waals surface area contributed by atoms with Gasteiger partial charge in [-0.15, -0.1) is 0 Å². The minimum atomic E-state index is -0.462. The quantitative estimate of drug-likeness (QED) is 0.782. The first-order chi connectivity index (χ1) is 12.4. The van der Waals surface area contributed by atoms with Crippen LogP contribution < -0.4 is 10.7 Å². The van der Waals surface area contributed by atoms with Crippen molar-refractivity contribution in [2.24, 2.45) is 0 Å². The third-order valence-corrected chi connectivity index (χ3v) is 4.36. The molecule has 0 aliphatic rings. The summed E-state index contributed by atoms with van der Waals surface area (Å²) in [5.74, 6) is -0.799. The topological polar surface area (TPSA) is 64.0 Å². The summed E-state index contributed by atoms with van der Waals surface area (Å²) in [5, 5.41) is 3.22. The van der Waals surface area contributed by atoms with Crippen molar-refractivity contribution in [1.82, 2.24) is 14.9 Å². The molecular weight excluding hydrogens is 333 g/mol. The van der Waals surface area contributed by atoms with Gasteiger partial charge in [0.25, 0.3) is 5.91 Å². The maximum Gasteiger partial charge on any atom is 0.257 e. The average Bonchev–Trinajstić information content (AvgIpc) is 2.62. The standard InChI is InChI=1S/C20H20FN3O2/c1-4-24-11-17(18(25)16-10-5-12(2)22-19(16)24)20(26)23-13(3)14-6-8-15(21)9-7-14/h5-11,13H,4H2,1-3H3,(H,23,26). The Morgan fingerprint density at radius 2 is 1.92 bits per heavy atom. The van der Waals surface area contributed by atoms with Crippen LogP contribution in [0.15, 0.2) is 47.4 Å². The summed E-state index contributed by atoms with van der Waals surface area (Å²) in [6.45, 7) is 6.15. The van der Waals surface area contributed by atoms with Gasteiger partial charge < -0.3 is 9.88 Å². The Morgan fingerprint density at radius 3 is 2.58 bits per heavy atom. The number of rotatable bonds is 4. The highest BCUT2D eigenvalue weighted by Gasteiger charge is 2.18. The van der Waals surface area contributed by atoms with E-state index in [0.717, 1.165) is 11.3 Å². The average molecular weight is 353 g/mol. The maximum absolute atomic E-state index is 13.1. The highest BCUT2D eigenvalue weighted by Crippen LogP contribution is 2.15. The number of aryl methyl sites for hydroxylation is 2. The van der Waals surface area contributed by atoms with E-state index in [-0.39, 0.29) is 22.9 Å². The molecule has 0 aliphatic carbocycles. The third-order valence-electron chi connectivity index (χ3n) is 4.36. The molecule has 3 rings (SSSR count). The first kappa shape index (κ1) is 17.8. The predicted octanol–water partition coefficient (Wildman–Crippen LogP) is 3.35. The van der Waals surface area contributed by atoms with Crippen LogP contribution in [0.1, 0.15) is 41.5 Å². The zero-order valence-electron chi connectivity index (χ0n) is 14.9. The fourth-order valence-electron chi connectivity index (χ4n) is 2.87. The molecule has 0 saturated heterocycles. The van der Waals surface area contributed by atoms with Gasteiger partial charge in [0.15, 0.2) is 0 Å². The highest BCUT2D eigenvalue weighted by molar-refractivity contribution is 5.97. The van der Waals surface area contributed by atoms with Crippen molar-refractivity contribution < 1.29 is 9.18 Å². The van der Waals surface area contributed by atoms with Crippen LogP contribution >= 0.6 is 0 Å². The van der Waals surface area contributed by atoms with Crippen LogP contribution in [-0.2, 0) is 6.54 Å². The molecule has 0 bridgehead atoms. The Labute approximate surface area is 150 Å². The smallest absolute Gasteiger partial charge is 0.257 e. The number of hydrogen-bond acceptors (Lipinski definition) is 3. The van der Waals surface area contributed by atoms with Gasteiger partial charge in [-0.2, -0.15) is 0 Å². The Kier molecular flexibility index (Phi) is 4.84. The number of pyridine rings is 2. The van der Waals surface area contributed by atoms with Gasteiger partial charge in [-0.1, -0.05) is 12.1 Å². The second-order valence-corrected chi connectivity index (χ2v) is 6.23. The van der Waals surface area contributed by atoms with Crippen LogP contribution in [0, 0.1) is 12.7 Å². The van der Waals surface area contributed by atoms with Gasteiger partial charge in [0, 0.05) is 18.4 Å². The third kappa shape index (κ3) is 3.35. The Bertz CT molecular complexity index is 1030. The molecule has 26 heavy (non-hydrogen) atoms. The Balaban J connectivity index is 1.98. The van der Waals surface area contributed by atoms with E-state index in [4.69, 9.17) is 0 Å². The number of fused-ring (bicyclic) bond motifs is 1. The minimum Gasteiger partial charge on any atom is -0.345 e. The molecule has 6 heteroatoms. The maximum atomic E-state index is 13.1. The number of nitrogens with zero attached hydrogens (tertiary/aromatic N) is 2. The monoisotopic (exact) mass is 353 g/mol. The number of aromatic nitrogens is 2. The van der Waals surface area contributed by atoms with Gasteiger partial charge in [-0.3, -0.25) is 9.59 Å². The van der Waals surface area contributed by atoms with Crippen molar-refractivity contribution in [2.75, 3.05) is 0 Å². The van der Waals surface area contributed by atoms with Gasteiger partial charge in [0.2, 0.25) is 5.43 Å². The number of nitrogens with one attached hydrogen (secondary N) is 1. The number of carbonyl (C=O) groups is 1. The van der Waals surface area contributed by atoms with E-state index >= 15 is 0 Å². The molecule has 0 saturated carbocycles. The van der Waals surface area contributed by atoms with E-state index in [1.165, 1.54) is 12.1 Å². The molecule has 1 amide bonds.